The average Bonchev–Trinajstić information content (AvgIpc) is 2.70. The quantitative estimate of drug-likeness (QED) is 0.844. The lowest BCUT2D eigenvalue weighted by Crippen LogP contribution is -2.35. The van der Waals surface area contributed by atoms with Crippen LogP contribution in [-0.2, 0) is 13.0 Å². The Kier molecular flexibility index (Phi) is 4.31. The topological polar surface area (TPSA) is 25.2 Å². The first-order valence-electron chi connectivity index (χ1n) is 7.25. The van der Waals surface area contributed by atoms with Crippen LogP contribution in [0.2, 0.25) is 0 Å². The van der Waals surface area contributed by atoms with Gasteiger partial charge in [-0.25, -0.2) is 0 Å². The molecule has 1 aromatic heterocycles. The molecule has 0 saturated heterocycles. The van der Waals surface area contributed by atoms with Gasteiger partial charge in [-0.05, 0) is 33.3 Å². The van der Waals surface area contributed by atoms with Crippen molar-refractivity contribution in [3.63, 3.8) is 0 Å². The zero-order chi connectivity index (χ0) is 13.9. The predicted octanol–water partition coefficient (Wildman–Crippen LogP) is 4.66. The minimum atomic E-state index is 0.125. The van der Waals surface area contributed by atoms with Gasteiger partial charge >= 0.3 is 0 Å². The molecule has 0 atom stereocenters. The third-order valence-corrected chi connectivity index (χ3v) is 3.33. The van der Waals surface area contributed by atoms with Crippen LogP contribution in [0.15, 0.2) is 28.7 Å². The van der Waals surface area contributed by atoms with E-state index in [1.807, 2.05) is 6.07 Å². The second-order valence-corrected chi connectivity index (χ2v) is 6.21. The Balaban J connectivity index is 2.31. The van der Waals surface area contributed by atoms with Gasteiger partial charge in [0.1, 0.15) is 11.3 Å². The summed E-state index contributed by atoms with van der Waals surface area (Å²) in [6.07, 6.45) is 3.41. The van der Waals surface area contributed by atoms with E-state index in [-0.39, 0.29) is 5.54 Å². The molecule has 0 aliphatic rings. The van der Waals surface area contributed by atoms with E-state index in [4.69, 9.17) is 4.42 Å². The number of aryl methyl sites for hydroxylation is 1. The maximum absolute atomic E-state index is 6.03. The highest BCUT2D eigenvalue weighted by atomic mass is 16.3. The van der Waals surface area contributed by atoms with Gasteiger partial charge in [0.05, 0.1) is 0 Å². The molecule has 0 spiro atoms. The first-order valence-corrected chi connectivity index (χ1v) is 7.25. The molecule has 0 radical (unpaired) electrons. The molecule has 2 aromatic rings. The molecule has 2 heteroatoms. The molecule has 1 heterocycles. The number of furan rings is 1. The minimum absolute atomic E-state index is 0.125. The van der Waals surface area contributed by atoms with E-state index < -0.39 is 0 Å². The highest BCUT2D eigenvalue weighted by Crippen LogP contribution is 2.27. The Morgan fingerprint density at radius 2 is 1.89 bits per heavy atom. The Morgan fingerprint density at radius 3 is 2.58 bits per heavy atom. The Labute approximate surface area is 116 Å². The summed E-state index contributed by atoms with van der Waals surface area (Å²) in [6, 6.07) is 8.35. The van der Waals surface area contributed by atoms with Crippen molar-refractivity contribution in [2.75, 3.05) is 0 Å². The van der Waals surface area contributed by atoms with Gasteiger partial charge in [0.2, 0.25) is 0 Å². The smallest absolute Gasteiger partial charge is 0.134 e. The Hall–Kier alpha value is -1.28. The van der Waals surface area contributed by atoms with Crippen molar-refractivity contribution in [2.24, 2.45) is 0 Å². The number of hydrogen-bond donors (Lipinski definition) is 1. The first kappa shape index (κ1) is 14.1. The van der Waals surface area contributed by atoms with Gasteiger partial charge in [-0.2, -0.15) is 0 Å². The SMILES string of the molecule is CCCCc1oc2ccccc2c1CNC(C)(C)C. The van der Waals surface area contributed by atoms with Crippen LogP contribution < -0.4 is 5.32 Å². The van der Waals surface area contributed by atoms with E-state index in [0.717, 1.165) is 24.3 Å². The van der Waals surface area contributed by atoms with Crippen molar-refractivity contribution >= 4 is 11.0 Å². The minimum Gasteiger partial charge on any atom is -0.461 e. The van der Waals surface area contributed by atoms with Crippen molar-refractivity contribution in [1.29, 1.82) is 0 Å². The molecule has 1 aromatic carbocycles. The predicted molar refractivity (Wildman–Crippen MR) is 81.4 cm³/mol. The van der Waals surface area contributed by atoms with E-state index in [9.17, 15) is 0 Å². The summed E-state index contributed by atoms with van der Waals surface area (Å²) in [7, 11) is 0. The van der Waals surface area contributed by atoms with Gasteiger partial charge in [-0.3, -0.25) is 0 Å². The lowest BCUT2D eigenvalue weighted by molar-refractivity contribution is 0.420. The van der Waals surface area contributed by atoms with Crippen LogP contribution in [0, 0.1) is 0 Å². The number of rotatable bonds is 5. The van der Waals surface area contributed by atoms with Crippen molar-refractivity contribution in [3.05, 3.63) is 35.6 Å². The van der Waals surface area contributed by atoms with Gasteiger partial charge in [0.15, 0.2) is 0 Å². The van der Waals surface area contributed by atoms with E-state index in [1.54, 1.807) is 0 Å². The van der Waals surface area contributed by atoms with Crippen LogP contribution in [0.1, 0.15) is 51.9 Å². The van der Waals surface area contributed by atoms with E-state index in [0.29, 0.717) is 0 Å². The third-order valence-electron chi connectivity index (χ3n) is 3.33. The molecule has 0 aliphatic heterocycles. The molecule has 0 fully saturated rings. The maximum atomic E-state index is 6.03. The van der Waals surface area contributed by atoms with Crippen LogP contribution >= 0.6 is 0 Å². The summed E-state index contributed by atoms with van der Waals surface area (Å²) in [5.74, 6) is 1.15. The maximum Gasteiger partial charge on any atom is 0.134 e. The third kappa shape index (κ3) is 3.60. The standard InChI is InChI=1S/C17H25NO/c1-5-6-10-16-14(12-18-17(2,3)4)13-9-7-8-11-15(13)19-16/h7-9,11,18H,5-6,10,12H2,1-4H3. The number of unbranched alkanes of at least 4 members (excludes halogenated alkanes) is 1. The highest BCUT2D eigenvalue weighted by molar-refractivity contribution is 5.82. The van der Waals surface area contributed by atoms with Gasteiger partial charge in [0, 0.05) is 29.5 Å². The number of benzene rings is 1. The molecule has 19 heavy (non-hydrogen) atoms. The Morgan fingerprint density at radius 1 is 1.16 bits per heavy atom. The second kappa shape index (κ2) is 5.79. The van der Waals surface area contributed by atoms with Crippen LogP contribution in [-0.4, -0.2) is 5.54 Å². The molecular formula is C17H25NO. The summed E-state index contributed by atoms with van der Waals surface area (Å²) in [4.78, 5) is 0. The fraction of sp³-hybridized carbons (Fsp3) is 0.529. The first-order chi connectivity index (χ1) is 9.01. The van der Waals surface area contributed by atoms with Gasteiger partial charge in [-0.15, -0.1) is 0 Å². The van der Waals surface area contributed by atoms with Crippen molar-refractivity contribution < 1.29 is 4.42 Å². The summed E-state index contributed by atoms with van der Waals surface area (Å²) in [5.41, 5.74) is 2.47. The molecule has 0 amide bonds. The summed E-state index contributed by atoms with van der Waals surface area (Å²) in [6.45, 7) is 9.68. The molecule has 1 N–H and O–H groups in total. The zero-order valence-electron chi connectivity index (χ0n) is 12.5. The molecule has 104 valence electrons. The van der Waals surface area contributed by atoms with Crippen LogP contribution in [0.3, 0.4) is 0 Å². The van der Waals surface area contributed by atoms with E-state index in [2.05, 4.69) is 51.2 Å². The summed E-state index contributed by atoms with van der Waals surface area (Å²) < 4.78 is 6.03. The summed E-state index contributed by atoms with van der Waals surface area (Å²) in [5, 5.41) is 4.83. The average molecular weight is 259 g/mol. The molecule has 0 saturated carbocycles. The number of para-hydroxylation sites is 1. The van der Waals surface area contributed by atoms with Crippen molar-refractivity contribution in [1.82, 2.24) is 5.32 Å². The fourth-order valence-corrected chi connectivity index (χ4v) is 2.24. The molecule has 0 aliphatic carbocycles. The second-order valence-electron chi connectivity index (χ2n) is 6.21. The van der Waals surface area contributed by atoms with Crippen LogP contribution in [0.4, 0.5) is 0 Å². The van der Waals surface area contributed by atoms with Gasteiger partial charge < -0.3 is 9.73 Å². The fourth-order valence-electron chi connectivity index (χ4n) is 2.24. The van der Waals surface area contributed by atoms with Gasteiger partial charge in [0.25, 0.3) is 0 Å². The van der Waals surface area contributed by atoms with Crippen LogP contribution in [0.25, 0.3) is 11.0 Å². The number of nitrogens with one attached hydrogen (secondary N) is 1. The van der Waals surface area contributed by atoms with Crippen LogP contribution in [0.5, 0.6) is 0 Å². The molecule has 0 unspecified atom stereocenters. The lowest BCUT2D eigenvalue weighted by Gasteiger charge is -2.20. The monoisotopic (exact) mass is 259 g/mol. The van der Waals surface area contributed by atoms with Crippen molar-refractivity contribution in [2.45, 2.75) is 59.0 Å². The summed E-state index contributed by atoms with van der Waals surface area (Å²) >= 11 is 0. The molecule has 2 nitrogen and oxygen atoms in total. The normalized spacial score (nSPS) is 12.2. The highest BCUT2D eigenvalue weighted by Gasteiger charge is 2.16. The number of fused-ring (bicyclic) bond motifs is 1. The molecule has 0 bridgehead atoms. The largest absolute Gasteiger partial charge is 0.461 e. The van der Waals surface area contributed by atoms with E-state index in [1.165, 1.54) is 23.8 Å². The molecular weight excluding hydrogens is 234 g/mol. The van der Waals surface area contributed by atoms with Gasteiger partial charge in [-0.1, -0.05) is 31.5 Å². The van der Waals surface area contributed by atoms with E-state index >= 15 is 0 Å². The zero-order valence-corrected chi connectivity index (χ0v) is 12.5. The lowest BCUT2D eigenvalue weighted by atomic mass is 10.0. The molecule has 2 rings (SSSR count). The number of hydrogen-bond acceptors (Lipinski definition) is 2. The Bertz CT molecular complexity index is 534. The van der Waals surface area contributed by atoms with Crippen molar-refractivity contribution in [3.8, 4) is 0 Å².